The van der Waals surface area contributed by atoms with Gasteiger partial charge >= 0.3 is 0 Å². The molecule has 0 fully saturated rings. The third kappa shape index (κ3) is 3.39. The molecule has 0 bridgehead atoms. The van der Waals surface area contributed by atoms with Gasteiger partial charge in [-0.2, -0.15) is 0 Å². The van der Waals surface area contributed by atoms with E-state index in [1.54, 1.807) is 18.2 Å². The molecule has 19 heavy (non-hydrogen) atoms. The zero-order valence-corrected chi connectivity index (χ0v) is 12.4. The molecule has 102 valence electrons. The number of amides is 1. The normalized spacial score (nSPS) is 19.1. The second-order valence-corrected chi connectivity index (χ2v) is 6.25. The van der Waals surface area contributed by atoms with Gasteiger partial charge < -0.3 is 5.32 Å². The second kappa shape index (κ2) is 5.02. The van der Waals surface area contributed by atoms with Crippen LogP contribution in [-0.4, -0.2) is 17.4 Å². The van der Waals surface area contributed by atoms with Crippen LogP contribution in [0.5, 0.6) is 0 Å². The van der Waals surface area contributed by atoms with Crippen molar-refractivity contribution in [1.29, 1.82) is 0 Å². The summed E-state index contributed by atoms with van der Waals surface area (Å²) in [6.45, 7) is 5.96. The lowest BCUT2D eigenvalue weighted by Gasteiger charge is -2.21. The molecule has 1 aliphatic heterocycles. The second-order valence-electron chi connectivity index (χ2n) is 5.41. The molecule has 4 nitrogen and oxygen atoms in total. The van der Waals surface area contributed by atoms with E-state index >= 15 is 0 Å². The van der Waals surface area contributed by atoms with Gasteiger partial charge in [-0.15, -0.1) is 0 Å². The summed E-state index contributed by atoms with van der Waals surface area (Å²) >= 11 is 12.0. The van der Waals surface area contributed by atoms with Gasteiger partial charge in [-0.05, 0) is 39.0 Å². The van der Waals surface area contributed by atoms with Gasteiger partial charge in [-0.25, -0.2) is 4.99 Å². The molecule has 0 saturated heterocycles. The van der Waals surface area contributed by atoms with Crippen molar-refractivity contribution < 1.29 is 4.79 Å². The molecule has 0 aromatic heterocycles. The first kappa shape index (κ1) is 14.2. The van der Waals surface area contributed by atoms with E-state index in [0.29, 0.717) is 21.6 Å². The fraction of sp³-hybridized carbons (Fsp3) is 0.385. The maximum atomic E-state index is 12.0. The van der Waals surface area contributed by atoms with Crippen LogP contribution in [0.2, 0.25) is 10.0 Å². The Kier molecular flexibility index (Phi) is 3.74. The third-order valence-electron chi connectivity index (χ3n) is 2.49. The van der Waals surface area contributed by atoms with E-state index < -0.39 is 6.04 Å². The number of nitrogens with one attached hydrogen (secondary N) is 2. The molecule has 0 spiro atoms. The number of aliphatic imine (C=N–C) groups is 1. The van der Waals surface area contributed by atoms with Gasteiger partial charge in [0.2, 0.25) is 0 Å². The van der Waals surface area contributed by atoms with Gasteiger partial charge in [0.05, 0.1) is 0 Å². The van der Waals surface area contributed by atoms with Gasteiger partial charge in [-0.1, -0.05) is 23.2 Å². The van der Waals surface area contributed by atoms with Crippen molar-refractivity contribution in [2.24, 2.45) is 4.99 Å². The number of hydrogen-bond donors (Lipinski definition) is 2. The lowest BCUT2D eigenvalue weighted by atomic mass is 10.1. The van der Waals surface area contributed by atoms with E-state index in [0.717, 1.165) is 0 Å². The molecular weight excluding hydrogens is 285 g/mol. The number of benzene rings is 1. The van der Waals surface area contributed by atoms with E-state index in [1.165, 1.54) is 0 Å². The highest BCUT2D eigenvalue weighted by molar-refractivity contribution is 6.34. The van der Waals surface area contributed by atoms with Gasteiger partial charge in [0, 0.05) is 21.1 Å². The summed E-state index contributed by atoms with van der Waals surface area (Å²) in [5.74, 6) is 0.245. The Balaban J connectivity index is 2.30. The Morgan fingerprint density at radius 2 is 2.00 bits per heavy atom. The minimum Gasteiger partial charge on any atom is -0.351 e. The average molecular weight is 300 g/mol. The van der Waals surface area contributed by atoms with Crippen LogP contribution in [0.1, 0.15) is 32.4 Å². The number of hydrogen-bond acceptors (Lipinski definition) is 3. The number of guanidine groups is 1. The van der Waals surface area contributed by atoms with E-state index in [4.69, 9.17) is 23.2 Å². The first-order valence-corrected chi connectivity index (χ1v) is 6.64. The summed E-state index contributed by atoms with van der Waals surface area (Å²) in [5, 5.41) is 6.83. The first-order chi connectivity index (χ1) is 8.76. The number of nitrogens with zero attached hydrogens (tertiary/aromatic N) is 1. The van der Waals surface area contributed by atoms with Crippen molar-refractivity contribution in [3.8, 4) is 0 Å². The van der Waals surface area contributed by atoms with Crippen LogP contribution in [0.3, 0.4) is 0 Å². The Hall–Kier alpha value is -1.26. The monoisotopic (exact) mass is 299 g/mol. The average Bonchev–Trinajstić information content (AvgIpc) is 2.60. The van der Waals surface area contributed by atoms with Gasteiger partial charge in [0.1, 0.15) is 0 Å². The van der Waals surface area contributed by atoms with E-state index in [1.807, 2.05) is 20.8 Å². The Bertz CT molecular complexity index is 549. The summed E-state index contributed by atoms with van der Waals surface area (Å²) in [4.78, 5) is 16.3. The molecule has 2 rings (SSSR count). The maximum absolute atomic E-state index is 12.0. The zero-order valence-electron chi connectivity index (χ0n) is 10.9. The van der Waals surface area contributed by atoms with Crippen molar-refractivity contribution in [1.82, 2.24) is 10.6 Å². The van der Waals surface area contributed by atoms with Gasteiger partial charge in [0.25, 0.3) is 5.91 Å². The Morgan fingerprint density at radius 3 is 2.63 bits per heavy atom. The summed E-state index contributed by atoms with van der Waals surface area (Å²) < 4.78 is 0. The maximum Gasteiger partial charge on any atom is 0.256 e. The standard InChI is InChI=1S/C13H15Cl2N3O/c1-13(2,3)18-12-16-10(11(19)17-12)8-6-7(14)4-5-9(8)15/h4-6,10H,1-3H3,(H2,16,17,18,19). The summed E-state index contributed by atoms with van der Waals surface area (Å²) in [5.41, 5.74) is 0.427. The molecule has 0 radical (unpaired) electrons. The van der Waals surface area contributed by atoms with Crippen molar-refractivity contribution in [2.75, 3.05) is 0 Å². The van der Waals surface area contributed by atoms with Crippen molar-refractivity contribution in [3.63, 3.8) is 0 Å². The summed E-state index contributed by atoms with van der Waals surface area (Å²) in [7, 11) is 0. The van der Waals surface area contributed by atoms with Crippen LogP contribution < -0.4 is 10.6 Å². The molecule has 1 heterocycles. The highest BCUT2D eigenvalue weighted by Gasteiger charge is 2.31. The molecule has 1 amide bonds. The quantitative estimate of drug-likeness (QED) is 0.838. The molecule has 1 aromatic rings. The molecule has 1 atom stereocenters. The zero-order chi connectivity index (χ0) is 14.2. The predicted molar refractivity (Wildman–Crippen MR) is 77.7 cm³/mol. The first-order valence-electron chi connectivity index (χ1n) is 5.88. The van der Waals surface area contributed by atoms with Crippen LogP contribution in [0.4, 0.5) is 0 Å². The molecular formula is C13H15Cl2N3O. The van der Waals surface area contributed by atoms with Crippen LogP contribution in [-0.2, 0) is 4.79 Å². The molecule has 6 heteroatoms. The summed E-state index contributed by atoms with van der Waals surface area (Å²) in [6, 6.07) is 4.35. The van der Waals surface area contributed by atoms with Crippen LogP contribution in [0.25, 0.3) is 0 Å². The van der Waals surface area contributed by atoms with Crippen LogP contribution >= 0.6 is 23.2 Å². The summed E-state index contributed by atoms with van der Waals surface area (Å²) in [6.07, 6.45) is 0. The third-order valence-corrected chi connectivity index (χ3v) is 3.07. The lowest BCUT2D eigenvalue weighted by molar-refractivity contribution is -0.120. The number of carbonyl (C=O) groups excluding carboxylic acids is 1. The lowest BCUT2D eigenvalue weighted by Crippen LogP contribution is -2.46. The fourth-order valence-electron chi connectivity index (χ4n) is 1.76. The smallest absolute Gasteiger partial charge is 0.256 e. The number of halogens is 2. The minimum absolute atomic E-state index is 0.181. The SMILES string of the molecule is CC(C)(C)NC1=NC(c2cc(Cl)ccc2Cl)C(=O)N1. The van der Waals surface area contributed by atoms with Gasteiger partial charge in [-0.3, -0.25) is 10.1 Å². The van der Waals surface area contributed by atoms with Crippen LogP contribution in [0, 0.1) is 0 Å². The van der Waals surface area contributed by atoms with E-state index in [9.17, 15) is 4.79 Å². The van der Waals surface area contributed by atoms with Crippen molar-refractivity contribution in [2.45, 2.75) is 32.4 Å². The van der Waals surface area contributed by atoms with E-state index in [2.05, 4.69) is 15.6 Å². The van der Waals surface area contributed by atoms with Crippen molar-refractivity contribution in [3.05, 3.63) is 33.8 Å². The molecule has 1 unspecified atom stereocenters. The largest absolute Gasteiger partial charge is 0.351 e. The Morgan fingerprint density at radius 1 is 1.32 bits per heavy atom. The number of carbonyl (C=O) groups is 1. The molecule has 0 aliphatic carbocycles. The predicted octanol–water partition coefficient (Wildman–Crippen LogP) is 2.91. The Labute approximate surface area is 122 Å². The highest BCUT2D eigenvalue weighted by Crippen LogP contribution is 2.30. The molecule has 1 aliphatic rings. The number of rotatable bonds is 1. The minimum atomic E-state index is -0.656. The molecule has 2 N–H and O–H groups in total. The fourth-order valence-corrected chi connectivity index (χ4v) is 2.16. The molecule has 0 saturated carbocycles. The van der Waals surface area contributed by atoms with E-state index in [-0.39, 0.29) is 11.4 Å². The highest BCUT2D eigenvalue weighted by atomic mass is 35.5. The molecule has 1 aromatic carbocycles. The van der Waals surface area contributed by atoms with Crippen LogP contribution in [0.15, 0.2) is 23.2 Å². The topological polar surface area (TPSA) is 53.5 Å². The van der Waals surface area contributed by atoms with Gasteiger partial charge in [0.15, 0.2) is 12.0 Å². The van der Waals surface area contributed by atoms with Crippen molar-refractivity contribution >= 4 is 35.1 Å².